The molecule has 3 N–H and O–H groups in total. The molecule has 0 aliphatic carbocycles. The van der Waals surface area contributed by atoms with Crippen molar-refractivity contribution in [1.82, 2.24) is 9.97 Å². The van der Waals surface area contributed by atoms with Gasteiger partial charge in [0.2, 0.25) is 0 Å². The van der Waals surface area contributed by atoms with E-state index in [1.807, 2.05) is 37.3 Å². The second kappa shape index (κ2) is 7.00. The first kappa shape index (κ1) is 16.4. The molecule has 1 aromatic heterocycles. The summed E-state index contributed by atoms with van der Waals surface area (Å²) in [6.07, 6.45) is 0. The standard InChI is InChI=1S/C17H18BrN3O3/c1-3-24-16-11(12(18)5-7-15(16)23-2)9-19-10-4-6-13-14(8-10)21-17(22)20-13/h4-8,19H,3,9H2,1-2H3,(H2,20,21,22). The van der Waals surface area contributed by atoms with Crippen LogP contribution in [0.15, 0.2) is 39.6 Å². The molecule has 0 unspecified atom stereocenters. The van der Waals surface area contributed by atoms with Gasteiger partial charge in [-0.25, -0.2) is 4.79 Å². The minimum absolute atomic E-state index is 0.212. The predicted octanol–water partition coefficient (Wildman–Crippen LogP) is 3.64. The van der Waals surface area contributed by atoms with Gasteiger partial charge in [0.05, 0.1) is 24.8 Å². The first-order valence-electron chi connectivity index (χ1n) is 7.56. The van der Waals surface area contributed by atoms with Crippen LogP contribution in [0.25, 0.3) is 11.0 Å². The molecule has 1 heterocycles. The number of aromatic nitrogens is 2. The number of anilines is 1. The Hall–Kier alpha value is -2.41. The average Bonchev–Trinajstić information content (AvgIpc) is 2.94. The van der Waals surface area contributed by atoms with Gasteiger partial charge in [0.25, 0.3) is 0 Å². The number of H-pyrrole nitrogens is 2. The Bertz CT molecular complexity index is 917. The average molecular weight is 392 g/mol. The third-order valence-corrected chi connectivity index (χ3v) is 4.40. The van der Waals surface area contributed by atoms with Gasteiger partial charge in [0, 0.05) is 22.3 Å². The first-order chi connectivity index (χ1) is 11.6. The van der Waals surface area contributed by atoms with Crippen LogP contribution in [-0.4, -0.2) is 23.7 Å². The van der Waals surface area contributed by atoms with Crippen LogP contribution in [0.4, 0.5) is 5.69 Å². The quantitative estimate of drug-likeness (QED) is 0.599. The molecule has 0 radical (unpaired) electrons. The normalized spacial score (nSPS) is 10.8. The molecule has 3 rings (SSSR count). The summed E-state index contributed by atoms with van der Waals surface area (Å²) in [6.45, 7) is 3.04. The molecule has 0 aliphatic heterocycles. The number of imidazole rings is 1. The number of nitrogens with one attached hydrogen (secondary N) is 3. The molecule has 7 heteroatoms. The number of halogens is 1. The lowest BCUT2D eigenvalue weighted by molar-refractivity contribution is 0.307. The molecular formula is C17H18BrN3O3. The molecule has 0 aliphatic rings. The lowest BCUT2D eigenvalue weighted by Gasteiger charge is -2.16. The number of hydrogen-bond acceptors (Lipinski definition) is 4. The summed E-state index contributed by atoms with van der Waals surface area (Å²) in [5.74, 6) is 1.42. The van der Waals surface area contributed by atoms with Crippen molar-refractivity contribution in [3.8, 4) is 11.5 Å². The maximum atomic E-state index is 11.3. The Balaban J connectivity index is 1.88. The second-order valence-corrected chi connectivity index (χ2v) is 6.04. The highest BCUT2D eigenvalue weighted by molar-refractivity contribution is 9.10. The fraction of sp³-hybridized carbons (Fsp3) is 0.235. The zero-order valence-electron chi connectivity index (χ0n) is 13.4. The van der Waals surface area contributed by atoms with Gasteiger partial charge in [-0.2, -0.15) is 0 Å². The Labute approximate surface area is 147 Å². The van der Waals surface area contributed by atoms with Crippen LogP contribution >= 0.6 is 15.9 Å². The van der Waals surface area contributed by atoms with Crippen LogP contribution < -0.4 is 20.5 Å². The van der Waals surface area contributed by atoms with E-state index in [0.717, 1.165) is 32.5 Å². The van der Waals surface area contributed by atoms with Crippen molar-refractivity contribution in [2.75, 3.05) is 19.0 Å². The highest BCUT2D eigenvalue weighted by Gasteiger charge is 2.14. The monoisotopic (exact) mass is 391 g/mol. The van der Waals surface area contributed by atoms with E-state index in [1.54, 1.807) is 7.11 Å². The van der Waals surface area contributed by atoms with Gasteiger partial charge in [-0.1, -0.05) is 15.9 Å². The van der Waals surface area contributed by atoms with E-state index in [0.29, 0.717) is 18.9 Å². The molecule has 24 heavy (non-hydrogen) atoms. The van der Waals surface area contributed by atoms with E-state index in [4.69, 9.17) is 9.47 Å². The number of rotatable bonds is 6. The fourth-order valence-corrected chi connectivity index (χ4v) is 3.00. The van der Waals surface area contributed by atoms with Crippen LogP contribution in [0, 0.1) is 0 Å². The lowest BCUT2D eigenvalue weighted by Crippen LogP contribution is -2.05. The van der Waals surface area contributed by atoms with Crippen LogP contribution in [0.1, 0.15) is 12.5 Å². The molecule has 0 spiro atoms. The summed E-state index contributed by atoms with van der Waals surface area (Å²) in [6, 6.07) is 9.47. The topological polar surface area (TPSA) is 79.1 Å². The molecule has 126 valence electrons. The Morgan fingerprint density at radius 2 is 1.96 bits per heavy atom. The Morgan fingerprint density at radius 3 is 2.71 bits per heavy atom. The van der Waals surface area contributed by atoms with Crippen LogP contribution in [0.3, 0.4) is 0 Å². The minimum atomic E-state index is -0.212. The van der Waals surface area contributed by atoms with E-state index in [2.05, 4.69) is 31.2 Å². The Kier molecular flexibility index (Phi) is 4.80. The van der Waals surface area contributed by atoms with Crippen LogP contribution in [0.5, 0.6) is 11.5 Å². The zero-order chi connectivity index (χ0) is 17.1. The predicted molar refractivity (Wildman–Crippen MR) is 98.1 cm³/mol. The van der Waals surface area contributed by atoms with Crippen molar-refractivity contribution in [2.45, 2.75) is 13.5 Å². The summed E-state index contributed by atoms with van der Waals surface area (Å²) >= 11 is 3.57. The second-order valence-electron chi connectivity index (χ2n) is 5.18. The van der Waals surface area contributed by atoms with Gasteiger partial charge in [0.1, 0.15) is 0 Å². The fourth-order valence-electron chi connectivity index (χ4n) is 2.54. The van der Waals surface area contributed by atoms with Crippen molar-refractivity contribution >= 4 is 32.7 Å². The van der Waals surface area contributed by atoms with Gasteiger partial charge in [0.15, 0.2) is 11.5 Å². The summed E-state index contributed by atoms with van der Waals surface area (Å²) < 4.78 is 12.1. The van der Waals surface area contributed by atoms with Gasteiger partial charge < -0.3 is 24.8 Å². The third kappa shape index (κ3) is 3.26. The third-order valence-electron chi connectivity index (χ3n) is 3.66. The van der Waals surface area contributed by atoms with Crippen molar-refractivity contribution in [3.05, 3.63) is 50.9 Å². The molecule has 0 bridgehead atoms. The molecule has 3 aromatic rings. The summed E-state index contributed by atoms with van der Waals surface area (Å²) in [5, 5.41) is 3.35. The lowest BCUT2D eigenvalue weighted by atomic mass is 10.1. The van der Waals surface area contributed by atoms with E-state index in [-0.39, 0.29) is 5.69 Å². The number of methoxy groups -OCH3 is 1. The smallest absolute Gasteiger partial charge is 0.323 e. The highest BCUT2D eigenvalue weighted by atomic mass is 79.9. The molecule has 0 fully saturated rings. The number of aromatic amines is 2. The maximum Gasteiger partial charge on any atom is 0.323 e. The molecule has 0 saturated carbocycles. The number of ether oxygens (including phenoxy) is 2. The van der Waals surface area contributed by atoms with Crippen molar-refractivity contribution < 1.29 is 9.47 Å². The molecular weight excluding hydrogens is 374 g/mol. The molecule has 2 aromatic carbocycles. The number of fused-ring (bicyclic) bond motifs is 1. The van der Waals surface area contributed by atoms with E-state index < -0.39 is 0 Å². The molecule has 0 amide bonds. The van der Waals surface area contributed by atoms with E-state index in [1.165, 1.54) is 0 Å². The molecule has 6 nitrogen and oxygen atoms in total. The largest absolute Gasteiger partial charge is 0.493 e. The summed E-state index contributed by atoms with van der Waals surface area (Å²) in [4.78, 5) is 16.8. The van der Waals surface area contributed by atoms with Crippen LogP contribution in [-0.2, 0) is 6.54 Å². The number of hydrogen-bond donors (Lipinski definition) is 3. The summed E-state index contributed by atoms with van der Waals surface area (Å²) in [7, 11) is 1.62. The number of benzene rings is 2. The van der Waals surface area contributed by atoms with Gasteiger partial charge in [-0.05, 0) is 37.3 Å². The van der Waals surface area contributed by atoms with Gasteiger partial charge in [-0.3, -0.25) is 0 Å². The first-order valence-corrected chi connectivity index (χ1v) is 8.35. The Morgan fingerprint density at radius 1 is 1.17 bits per heavy atom. The van der Waals surface area contributed by atoms with Gasteiger partial charge >= 0.3 is 5.69 Å². The van der Waals surface area contributed by atoms with Crippen molar-refractivity contribution in [1.29, 1.82) is 0 Å². The maximum absolute atomic E-state index is 11.3. The van der Waals surface area contributed by atoms with E-state index in [9.17, 15) is 4.79 Å². The zero-order valence-corrected chi connectivity index (χ0v) is 15.0. The van der Waals surface area contributed by atoms with E-state index >= 15 is 0 Å². The molecule has 0 saturated heterocycles. The van der Waals surface area contributed by atoms with Gasteiger partial charge in [-0.15, -0.1) is 0 Å². The SMILES string of the molecule is CCOc1c(OC)ccc(Br)c1CNc1ccc2[nH]c(=O)[nH]c2c1. The van der Waals surface area contributed by atoms with Crippen molar-refractivity contribution in [2.24, 2.45) is 0 Å². The highest BCUT2D eigenvalue weighted by Crippen LogP contribution is 2.36. The van der Waals surface area contributed by atoms with Crippen molar-refractivity contribution in [3.63, 3.8) is 0 Å². The minimum Gasteiger partial charge on any atom is -0.493 e. The summed E-state index contributed by atoms with van der Waals surface area (Å²) in [5.41, 5.74) is 3.20. The molecule has 0 atom stereocenters. The van der Waals surface area contributed by atoms with Crippen LogP contribution in [0.2, 0.25) is 0 Å².